The minimum atomic E-state index is -0.117. The van der Waals surface area contributed by atoms with Gasteiger partial charge in [-0.25, -0.2) is 14.8 Å². The van der Waals surface area contributed by atoms with Gasteiger partial charge in [0.05, 0.1) is 37.2 Å². The Bertz CT molecular complexity index is 1320. The molecule has 4 aromatic heterocycles. The van der Waals surface area contributed by atoms with Crippen molar-refractivity contribution in [3.8, 4) is 0 Å². The summed E-state index contributed by atoms with van der Waals surface area (Å²) in [5, 5.41) is 5.36. The van der Waals surface area contributed by atoms with Gasteiger partial charge in [0.15, 0.2) is 5.65 Å². The molecule has 6 rings (SSSR count). The van der Waals surface area contributed by atoms with Crippen LogP contribution in [-0.2, 0) is 11.8 Å². The second-order valence-electron chi connectivity index (χ2n) is 8.07. The molecular weight excluding hydrogens is 384 g/mol. The summed E-state index contributed by atoms with van der Waals surface area (Å²) in [6.07, 6.45) is 9.75. The maximum Gasteiger partial charge on any atom is 0.349 e. The lowest BCUT2D eigenvalue weighted by atomic mass is 10.2. The van der Waals surface area contributed by atoms with Crippen molar-refractivity contribution in [3.05, 3.63) is 46.9 Å². The zero-order chi connectivity index (χ0) is 20.4. The molecule has 2 bridgehead atoms. The van der Waals surface area contributed by atoms with Crippen LogP contribution in [0, 0.1) is 6.92 Å². The molecule has 2 fully saturated rings. The van der Waals surface area contributed by atoms with Crippen molar-refractivity contribution < 1.29 is 4.74 Å². The largest absolute Gasteiger partial charge is 0.371 e. The van der Waals surface area contributed by atoms with E-state index in [1.165, 1.54) is 0 Å². The number of ether oxygens (including phenoxy) is 1. The van der Waals surface area contributed by atoms with Crippen molar-refractivity contribution in [3.63, 3.8) is 0 Å². The van der Waals surface area contributed by atoms with E-state index >= 15 is 0 Å². The van der Waals surface area contributed by atoms with Crippen LogP contribution in [0.1, 0.15) is 18.4 Å². The molecule has 0 radical (unpaired) electrons. The first-order valence-electron chi connectivity index (χ1n) is 10.1. The first-order valence-corrected chi connectivity index (χ1v) is 10.1. The molecular formula is C20H22N8O2. The Balaban J connectivity index is 1.42. The zero-order valence-corrected chi connectivity index (χ0v) is 16.8. The zero-order valence-electron chi connectivity index (χ0n) is 16.8. The van der Waals surface area contributed by atoms with E-state index in [9.17, 15) is 4.79 Å². The van der Waals surface area contributed by atoms with Gasteiger partial charge in [-0.3, -0.25) is 4.57 Å². The van der Waals surface area contributed by atoms with E-state index in [1.54, 1.807) is 28.7 Å². The predicted molar refractivity (Wildman–Crippen MR) is 112 cm³/mol. The maximum absolute atomic E-state index is 13.0. The topological polar surface area (TPSA) is 94.5 Å². The number of nitrogens with zero attached hydrogens (tertiary/aromatic N) is 7. The number of aromatic nitrogens is 6. The molecule has 154 valence electrons. The molecule has 30 heavy (non-hydrogen) atoms. The Morgan fingerprint density at radius 3 is 2.80 bits per heavy atom. The highest BCUT2D eigenvalue weighted by Gasteiger charge is 2.35. The lowest BCUT2D eigenvalue weighted by Gasteiger charge is -2.33. The highest BCUT2D eigenvalue weighted by Crippen LogP contribution is 2.26. The second-order valence-corrected chi connectivity index (χ2v) is 8.07. The summed E-state index contributed by atoms with van der Waals surface area (Å²) in [4.78, 5) is 26.5. The van der Waals surface area contributed by atoms with Gasteiger partial charge in [0.25, 0.3) is 0 Å². The maximum atomic E-state index is 13.0. The van der Waals surface area contributed by atoms with E-state index in [0.29, 0.717) is 30.2 Å². The number of aryl methyl sites for hydroxylation is 2. The molecule has 1 N–H and O–H groups in total. The summed E-state index contributed by atoms with van der Waals surface area (Å²) >= 11 is 0. The van der Waals surface area contributed by atoms with Gasteiger partial charge >= 0.3 is 5.69 Å². The van der Waals surface area contributed by atoms with Crippen molar-refractivity contribution in [1.29, 1.82) is 0 Å². The number of anilines is 2. The number of pyridine rings is 1. The third-order valence-electron chi connectivity index (χ3n) is 6.07. The van der Waals surface area contributed by atoms with Crippen molar-refractivity contribution in [2.45, 2.75) is 32.0 Å². The Morgan fingerprint density at radius 2 is 2.00 bits per heavy atom. The second kappa shape index (κ2) is 6.30. The van der Waals surface area contributed by atoms with Crippen LogP contribution in [-0.4, -0.2) is 53.9 Å². The molecule has 0 aromatic carbocycles. The minimum absolute atomic E-state index is 0.117. The number of imidazole rings is 2. The van der Waals surface area contributed by atoms with Crippen LogP contribution in [0.5, 0.6) is 0 Å². The van der Waals surface area contributed by atoms with E-state index < -0.39 is 0 Å². The molecule has 0 aliphatic carbocycles. The molecule has 2 saturated heterocycles. The van der Waals surface area contributed by atoms with Crippen LogP contribution in [0.15, 0.2) is 35.6 Å². The fraction of sp³-hybridized carbons (Fsp3) is 0.400. The van der Waals surface area contributed by atoms with Crippen molar-refractivity contribution in [2.75, 3.05) is 23.4 Å². The highest BCUT2D eigenvalue weighted by atomic mass is 16.5. The van der Waals surface area contributed by atoms with Gasteiger partial charge in [0.2, 0.25) is 5.95 Å². The highest BCUT2D eigenvalue weighted by molar-refractivity contribution is 5.73. The third kappa shape index (κ3) is 2.60. The Hall–Kier alpha value is -3.40. The quantitative estimate of drug-likeness (QED) is 0.548. The first-order chi connectivity index (χ1) is 14.6. The van der Waals surface area contributed by atoms with E-state index in [2.05, 4.69) is 20.3 Å². The SMILES string of the molecule is Cc1cc2nccn2cc1Nc1ncc2c(n1)n(N1CC3CCC(C1)O3)c(=O)n2C. The molecule has 0 spiro atoms. The molecule has 2 aliphatic heterocycles. The summed E-state index contributed by atoms with van der Waals surface area (Å²) in [6, 6.07) is 2.00. The summed E-state index contributed by atoms with van der Waals surface area (Å²) in [6.45, 7) is 3.40. The van der Waals surface area contributed by atoms with Crippen LogP contribution in [0.4, 0.5) is 11.6 Å². The molecule has 4 aromatic rings. The third-order valence-corrected chi connectivity index (χ3v) is 6.07. The minimum Gasteiger partial charge on any atom is -0.371 e. The average molecular weight is 406 g/mol. The summed E-state index contributed by atoms with van der Waals surface area (Å²) in [7, 11) is 1.75. The lowest BCUT2D eigenvalue weighted by Crippen LogP contribution is -2.52. The molecule has 0 amide bonds. The number of rotatable bonds is 3. The molecule has 6 heterocycles. The summed E-state index contributed by atoms with van der Waals surface area (Å²) in [5.74, 6) is 0.445. The van der Waals surface area contributed by atoms with Gasteiger partial charge in [-0.2, -0.15) is 9.66 Å². The van der Waals surface area contributed by atoms with Crippen LogP contribution in [0.3, 0.4) is 0 Å². The number of nitrogens with one attached hydrogen (secondary N) is 1. The van der Waals surface area contributed by atoms with Crippen LogP contribution in [0.2, 0.25) is 0 Å². The number of morpholine rings is 1. The van der Waals surface area contributed by atoms with Crippen molar-refractivity contribution in [1.82, 2.24) is 28.6 Å². The van der Waals surface area contributed by atoms with Gasteiger partial charge in [0, 0.05) is 25.6 Å². The Kier molecular flexibility index (Phi) is 3.66. The molecule has 10 heteroatoms. The van der Waals surface area contributed by atoms with E-state index in [4.69, 9.17) is 9.72 Å². The van der Waals surface area contributed by atoms with Crippen LogP contribution >= 0.6 is 0 Å². The summed E-state index contributed by atoms with van der Waals surface area (Å²) < 4.78 is 11.2. The first kappa shape index (κ1) is 17.5. The van der Waals surface area contributed by atoms with E-state index in [0.717, 1.165) is 29.7 Å². The average Bonchev–Trinajstić information content (AvgIpc) is 3.39. The standard InChI is InChI=1S/C20H22N8O2/c1-12-7-17-21-5-6-26(17)11-15(12)23-19-22-8-16-18(24-19)28(20(29)25(16)2)27-9-13-3-4-14(10-27)30-13/h5-8,11,13-14H,3-4,9-10H2,1-2H3,(H,22,23,24). The summed E-state index contributed by atoms with van der Waals surface area (Å²) in [5.41, 5.74) is 3.98. The Labute approximate surface area is 171 Å². The van der Waals surface area contributed by atoms with Gasteiger partial charge in [0.1, 0.15) is 11.2 Å². The monoisotopic (exact) mass is 406 g/mol. The fourth-order valence-corrected chi connectivity index (χ4v) is 4.48. The van der Waals surface area contributed by atoms with Crippen LogP contribution < -0.4 is 16.0 Å². The van der Waals surface area contributed by atoms with Crippen molar-refractivity contribution >= 4 is 28.4 Å². The van der Waals surface area contributed by atoms with Crippen molar-refractivity contribution in [2.24, 2.45) is 7.05 Å². The van der Waals surface area contributed by atoms with Gasteiger partial charge in [-0.1, -0.05) is 0 Å². The smallest absolute Gasteiger partial charge is 0.349 e. The number of hydrogen-bond acceptors (Lipinski definition) is 7. The lowest BCUT2D eigenvalue weighted by molar-refractivity contribution is 0.0214. The fourth-order valence-electron chi connectivity index (χ4n) is 4.48. The van der Waals surface area contributed by atoms with E-state index in [-0.39, 0.29) is 17.9 Å². The van der Waals surface area contributed by atoms with Gasteiger partial charge < -0.3 is 19.5 Å². The molecule has 2 unspecified atom stereocenters. The molecule has 2 atom stereocenters. The number of hydrogen-bond donors (Lipinski definition) is 1. The molecule has 2 aliphatic rings. The normalized spacial score (nSPS) is 21.1. The molecule has 0 saturated carbocycles. The van der Waals surface area contributed by atoms with Gasteiger partial charge in [-0.05, 0) is 31.4 Å². The van der Waals surface area contributed by atoms with Gasteiger partial charge in [-0.15, -0.1) is 0 Å². The van der Waals surface area contributed by atoms with E-state index in [1.807, 2.05) is 29.8 Å². The molecule has 10 nitrogen and oxygen atoms in total. The Morgan fingerprint density at radius 1 is 1.20 bits per heavy atom. The van der Waals surface area contributed by atoms with Crippen LogP contribution in [0.25, 0.3) is 16.8 Å². The predicted octanol–water partition coefficient (Wildman–Crippen LogP) is 1.33. The number of fused-ring (bicyclic) bond motifs is 4.